The van der Waals surface area contributed by atoms with Gasteiger partial charge in [0.05, 0.1) is 11.3 Å². The van der Waals surface area contributed by atoms with Crippen LogP contribution in [0.15, 0.2) is 18.2 Å². The van der Waals surface area contributed by atoms with Gasteiger partial charge in [-0.25, -0.2) is 0 Å². The summed E-state index contributed by atoms with van der Waals surface area (Å²) in [6.45, 7) is 0. The maximum absolute atomic E-state index is 11.8. The third kappa shape index (κ3) is 2.10. The summed E-state index contributed by atoms with van der Waals surface area (Å²) in [5.41, 5.74) is 6.03. The number of para-hydroxylation sites is 1. The second kappa shape index (κ2) is 4.43. The minimum atomic E-state index is -0.239. The normalized spacial score (nSPS) is 16.2. The highest BCUT2D eigenvalue weighted by Crippen LogP contribution is 2.25. The lowest BCUT2D eigenvalue weighted by Crippen LogP contribution is -2.32. The van der Waals surface area contributed by atoms with E-state index in [0.717, 1.165) is 25.7 Å². The van der Waals surface area contributed by atoms with E-state index in [1.807, 2.05) is 0 Å². The van der Waals surface area contributed by atoms with Crippen LogP contribution in [0.3, 0.4) is 0 Å². The van der Waals surface area contributed by atoms with Gasteiger partial charge in [-0.1, -0.05) is 18.9 Å². The molecule has 1 aromatic rings. The van der Waals surface area contributed by atoms with E-state index in [1.165, 1.54) is 0 Å². The van der Waals surface area contributed by atoms with Crippen molar-refractivity contribution in [2.75, 3.05) is 5.73 Å². The number of hydrogen-bond donors (Lipinski definition) is 3. The van der Waals surface area contributed by atoms with E-state index in [-0.39, 0.29) is 28.9 Å². The van der Waals surface area contributed by atoms with Crippen LogP contribution in [0.1, 0.15) is 36.0 Å². The van der Waals surface area contributed by atoms with Crippen molar-refractivity contribution >= 4 is 11.6 Å². The van der Waals surface area contributed by atoms with Crippen molar-refractivity contribution in [3.05, 3.63) is 23.8 Å². The molecule has 0 bridgehead atoms. The molecule has 4 nitrogen and oxygen atoms in total. The van der Waals surface area contributed by atoms with Crippen molar-refractivity contribution < 1.29 is 9.90 Å². The van der Waals surface area contributed by atoms with Crippen LogP contribution in [0, 0.1) is 0 Å². The van der Waals surface area contributed by atoms with Gasteiger partial charge in [0.15, 0.2) is 5.75 Å². The summed E-state index contributed by atoms with van der Waals surface area (Å²) in [4.78, 5) is 11.8. The van der Waals surface area contributed by atoms with Crippen LogP contribution in [-0.4, -0.2) is 17.1 Å². The van der Waals surface area contributed by atoms with Crippen molar-refractivity contribution in [2.45, 2.75) is 31.7 Å². The molecule has 1 aliphatic rings. The van der Waals surface area contributed by atoms with Crippen molar-refractivity contribution in [3.63, 3.8) is 0 Å². The number of phenolic OH excluding ortho intramolecular Hbond substituents is 1. The summed E-state index contributed by atoms with van der Waals surface area (Å²) in [6.07, 6.45) is 4.37. The Balaban J connectivity index is 2.11. The van der Waals surface area contributed by atoms with Gasteiger partial charge in [-0.3, -0.25) is 4.79 Å². The number of hydrogen-bond acceptors (Lipinski definition) is 3. The number of amides is 1. The molecule has 1 aliphatic carbocycles. The Morgan fingerprint density at radius 2 is 2.06 bits per heavy atom. The van der Waals surface area contributed by atoms with E-state index in [0.29, 0.717) is 0 Å². The molecule has 16 heavy (non-hydrogen) atoms. The number of phenols is 1. The van der Waals surface area contributed by atoms with Crippen LogP contribution < -0.4 is 11.1 Å². The van der Waals surface area contributed by atoms with Gasteiger partial charge in [0, 0.05) is 6.04 Å². The molecule has 0 unspecified atom stereocenters. The lowest BCUT2D eigenvalue weighted by molar-refractivity contribution is 0.0935. The van der Waals surface area contributed by atoms with Gasteiger partial charge in [0.1, 0.15) is 0 Å². The molecule has 0 spiro atoms. The summed E-state index contributed by atoms with van der Waals surface area (Å²) in [5.74, 6) is -0.366. The van der Waals surface area contributed by atoms with E-state index in [9.17, 15) is 9.90 Å². The molecule has 0 heterocycles. The highest BCUT2D eigenvalue weighted by Gasteiger charge is 2.20. The molecular formula is C12H16N2O2. The van der Waals surface area contributed by atoms with Crippen molar-refractivity contribution in [3.8, 4) is 5.75 Å². The van der Waals surface area contributed by atoms with Gasteiger partial charge in [-0.15, -0.1) is 0 Å². The van der Waals surface area contributed by atoms with Crippen LogP contribution in [0.5, 0.6) is 5.75 Å². The zero-order valence-electron chi connectivity index (χ0n) is 9.07. The SMILES string of the molecule is Nc1cccc(C(=O)NC2CCCC2)c1O. The van der Waals surface area contributed by atoms with E-state index < -0.39 is 0 Å². The summed E-state index contributed by atoms with van der Waals surface area (Å²) < 4.78 is 0. The highest BCUT2D eigenvalue weighted by molar-refractivity contribution is 5.98. The first-order valence-corrected chi connectivity index (χ1v) is 5.57. The lowest BCUT2D eigenvalue weighted by atomic mass is 10.1. The third-order valence-electron chi connectivity index (χ3n) is 3.00. The number of nitrogens with two attached hydrogens (primary N) is 1. The fourth-order valence-corrected chi connectivity index (χ4v) is 2.08. The topological polar surface area (TPSA) is 75.4 Å². The summed E-state index contributed by atoms with van der Waals surface area (Å²) in [6, 6.07) is 5.06. The maximum Gasteiger partial charge on any atom is 0.255 e. The third-order valence-corrected chi connectivity index (χ3v) is 3.00. The van der Waals surface area contributed by atoms with Gasteiger partial charge in [0.25, 0.3) is 5.91 Å². The van der Waals surface area contributed by atoms with E-state index in [1.54, 1.807) is 18.2 Å². The molecule has 1 aromatic carbocycles. The number of carbonyl (C=O) groups is 1. The Labute approximate surface area is 94.5 Å². The number of anilines is 1. The van der Waals surface area contributed by atoms with E-state index in [2.05, 4.69) is 5.32 Å². The van der Waals surface area contributed by atoms with Gasteiger partial charge in [0.2, 0.25) is 0 Å². The molecule has 4 heteroatoms. The molecule has 0 atom stereocenters. The number of aromatic hydroxyl groups is 1. The number of nitrogen functional groups attached to an aromatic ring is 1. The Kier molecular flexibility index (Phi) is 2.99. The number of nitrogens with one attached hydrogen (secondary N) is 1. The van der Waals surface area contributed by atoms with Crippen LogP contribution >= 0.6 is 0 Å². The molecular weight excluding hydrogens is 204 g/mol. The van der Waals surface area contributed by atoms with Gasteiger partial charge >= 0.3 is 0 Å². The first kappa shape index (κ1) is 10.8. The van der Waals surface area contributed by atoms with E-state index in [4.69, 9.17) is 5.73 Å². The standard InChI is InChI=1S/C12H16N2O2/c13-10-7-3-6-9(11(10)15)12(16)14-8-4-1-2-5-8/h3,6-8,15H,1-2,4-5,13H2,(H,14,16). The van der Waals surface area contributed by atoms with Gasteiger partial charge in [-0.2, -0.15) is 0 Å². The smallest absolute Gasteiger partial charge is 0.255 e. The minimum Gasteiger partial charge on any atom is -0.505 e. The Morgan fingerprint density at radius 1 is 1.38 bits per heavy atom. The zero-order chi connectivity index (χ0) is 11.5. The molecule has 86 valence electrons. The molecule has 1 saturated carbocycles. The molecule has 0 aromatic heterocycles. The minimum absolute atomic E-state index is 0.127. The fraction of sp³-hybridized carbons (Fsp3) is 0.417. The zero-order valence-corrected chi connectivity index (χ0v) is 9.07. The van der Waals surface area contributed by atoms with E-state index >= 15 is 0 Å². The number of benzene rings is 1. The van der Waals surface area contributed by atoms with Crippen LogP contribution in [-0.2, 0) is 0 Å². The van der Waals surface area contributed by atoms with Crippen molar-refractivity contribution in [2.24, 2.45) is 0 Å². The molecule has 0 aliphatic heterocycles. The molecule has 1 amide bonds. The maximum atomic E-state index is 11.8. The predicted octanol–water partition coefficient (Wildman–Crippen LogP) is 1.65. The second-order valence-electron chi connectivity index (χ2n) is 4.20. The van der Waals surface area contributed by atoms with Crippen LogP contribution in [0.2, 0.25) is 0 Å². The van der Waals surface area contributed by atoms with Gasteiger partial charge in [-0.05, 0) is 25.0 Å². The Morgan fingerprint density at radius 3 is 2.75 bits per heavy atom. The summed E-state index contributed by atoms with van der Waals surface area (Å²) in [7, 11) is 0. The van der Waals surface area contributed by atoms with Crippen molar-refractivity contribution in [1.29, 1.82) is 0 Å². The average molecular weight is 220 g/mol. The summed E-state index contributed by atoms with van der Waals surface area (Å²) >= 11 is 0. The van der Waals surface area contributed by atoms with Gasteiger partial charge < -0.3 is 16.2 Å². The Hall–Kier alpha value is -1.71. The Bertz CT molecular complexity index is 398. The fourth-order valence-electron chi connectivity index (χ4n) is 2.08. The number of carbonyl (C=O) groups excluding carboxylic acids is 1. The van der Waals surface area contributed by atoms with Crippen LogP contribution in [0.4, 0.5) is 5.69 Å². The molecule has 0 saturated heterocycles. The molecule has 1 fully saturated rings. The summed E-state index contributed by atoms with van der Waals surface area (Å²) in [5, 5.41) is 12.6. The first-order chi connectivity index (χ1) is 7.68. The quantitative estimate of drug-likeness (QED) is 0.524. The van der Waals surface area contributed by atoms with Crippen molar-refractivity contribution in [1.82, 2.24) is 5.32 Å². The number of rotatable bonds is 2. The monoisotopic (exact) mass is 220 g/mol. The molecule has 0 radical (unpaired) electrons. The first-order valence-electron chi connectivity index (χ1n) is 5.57. The van der Waals surface area contributed by atoms with Crippen LogP contribution in [0.25, 0.3) is 0 Å². The average Bonchev–Trinajstić information content (AvgIpc) is 2.74. The predicted molar refractivity (Wildman–Crippen MR) is 62.2 cm³/mol. The lowest BCUT2D eigenvalue weighted by Gasteiger charge is -2.13. The molecule has 2 rings (SSSR count). The highest BCUT2D eigenvalue weighted by atomic mass is 16.3. The second-order valence-corrected chi connectivity index (χ2v) is 4.20. The largest absolute Gasteiger partial charge is 0.505 e. The molecule has 4 N–H and O–H groups in total.